The van der Waals surface area contributed by atoms with Crippen molar-refractivity contribution in [2.24, 2.45) is 0 Å². The van der Waals surface area contributed by atoms with Crippen LogP contribution >= 0.6 is 34.9 Å². The van der Waals surface area contributed by atoms with Crippen LogP contribution in [0.2, 0.25) is 0 Å². The van der Waals surface area contributed by atoms with E-state index in [1.165, 1.54) is 16.4 Å². The van der Waals surface area contributed by atoms with Gasteiger partial charge >= 0.3 is 0 Å². The van der Waals surface area contributed by atoms with Crippen LogP contribution in [0.15, 0.2) is 21.8 Å². The minimum atomic E-state index is 1.22. The molecule has 1 aromatic rings. The van der Waals surface area contributed by atoms with Gasteiger partial charge in [-0.05, 0) is 10.8 Å². The summed E-state index contributed by atoms with van der Waals surface area (Å²) in [6.45, 7) is 0. The van der Waals surface area contributed by atoms with Gasteiger partial charge in [-0.15, -0.1) is 45.1 Å². The predicted molar refractivity (Wildman–Crippen MR) is 49.1 cm³/mol. The fourth-order valence-electron chi connectivity index (χ4n) is 0.333. The summed E-state index contributed by atoms with van der Waals surface area (Å²) in [5.74, 6) is 0. The second-order valence-corrected chi connectivity index (χ2v) is 4.15. The second kappa shape index (κ2) is 5.76. The molecule has 2 heterocycles. The Hall–Kier alpha value is -0.0000000000000000833. The molecular weight excluding hydrogens is 184 g/mol. The molecule has 2 nitrogen and oxygen atoms in total. The molecule has 0 saturated carbocycles. The molecule has 0 atom stereocenters. The molecule has 0 fully saturated rings. The van der Waals surface area contributed by atoms with E-state index in [0.717, 1.165) is 0 Å². The van der Waals surface area contributed by atoms with E-state index < -0.39 is 0 Å². The third-order valence-corrected chi connectivity index (χ3v) is 3.02. The van der Waals surface area contributed by atoms with Gasteiger partial charge in [-0.2, -0.15) is 0 Å². The fraction of sp³-hybridized carbons (Fsp3) is 0.200. The smallest absolute Gasteiger partial charge is 0.103 e. The summed E-state index contributed by atoms with van der Waals surface area (Å²) < 4.78 is 0. The van der Waals surface area contributed by atoms with Crippen molar-refractivity contribution in [2.45, 2.75) is 0 Å². The van der Waals surface area contributed by atoms with Crippen LogP contribution in [0.4, 0.5) is 0 Å². The highest BCUT2D eigenvalue weighted by molar-refractivity contribution is 8.21. The quantitative estimate of drug-likeness (QED) is 0.627. The molecule has 0 unspecified atom stereocenters. The van der Waals surface area contributed by atoms with Crippen molar-refractivity contribution in [3.05, 3.63) is 21.8 Å². The summed E-state index contributed by atoms with van der Waals surface area (Å²) >= 11 is 5.20. The summed E-state index contributed by atoms with van der Waals surface area (Å²) in [4.78, 5) is 0. The van der Waals surface area contributed by atoms with Gasteiger partial charge < -0.3 is 0 Å². The minimum absolute atomic E-state index is 1.22. The van der Waals surface area contributed by atoms with Gasteiger partial charge in [0.25, 0.3) is 0 Å². The molecule has 5 heteroatoms. The van der Waals surface area contributed by atoms with Crippen molar-refractivity contribution in [2.75, 3.05) is 5.08 Å². The van der Waals surface area contributed by atoms with Crippen molar-refractivity contribution in [3.8, 4) is 0 Å². The molecule has 0 amide bonds. The number of hydrogen-bond donors (Lipinski definition) is 0. The monoisotopic (exact) mass is 190 g/mol. The molecule has 0 spiro atoms. The maximum atomic E-state index is 3.49. The Labute approximate surface area is 72.1 Å². The zero-order valence-corrected chi connectivity index (χ0v) is 7.59. The molecule has 0 N–H and O–H groups in total. The van der Waals surface area contributed by atoms with E-state index in [9.17, 15) is 0 Å². The van der Waals surface area contributed by atoms with Gasteiger partial charge in [-0.1, -0.05) is 0 Å². The first-order valence-electron chi connectivity index (χ1n) is 2.57. The van der Waals surface area contributed by atoms with E-state index in [-0.39, 0.29) is 0 Å². The standard InChI is InChI=1S/C3H4S2.C2H2N2S/c1-2-5-3-4-1;1-3-4-2-5-1/h1-2H,3H2;1-2H. The van der Waals surface area contributed by atoms with Crippen LogP contribution in [0.3, 0.4) is 0 Å². The Kier molecular flexibility index (Phi) is 4.67. The van der Waals surface area contributed by atoms with Crippen molar-refractivity contribution in [3.63, 3.8) is 0 Å². The van der Waals surface area contributed by atoms with Crippen LogP contribution in [-0.4, -0.2) is 15.3 Å². The Morgan fingerprint density at radius 1 is 1.00 bits per heavy atom. The lowest BCUT2D eigenvalue weighted by Crippen LogP contribution is -1.53. The summed E-state index contributed by atoms with van der Waals surface area (Å²) in [5.41, 5.74) is 3.36. The van der Waals surface area contributed by atoms with Gasteiger partial charge in [0, 0.05) is 5.08 Å². The van der Waals surface area contributed by atoms with Crippen molar-refractivity contribution >= 4 is 34.9 Å². The summed E-state index contributed by atoms with van der Waals surface area (Å²) in [7, 11) is 0. The van der Waals surface area contributed by atoms with E-state index in [2.05, 4.69) is 21.0 Å². The summed E-state index contributed by atoms with van der Waals surface area (Å²) in [6, 6.07) is 0. The van der Waals surface area contributed by atoms with Crippen LogP contribution < -0.4 is 0 Å². The Balaban J connectivity index is 0.0000001000. The second-order valence-electron chi connectivity index (χ2n) is 1.30. The van der Waals surface area contributed by atoms with Crippen molar-refractivity contribution < 1.29 is 0 Å². The average molecular weight is 190 g/mol. The third kappa shape index (κ3) is 3.92. The zero-order chi connectivity index (χ0) is 7.07. The first-order valence-corrected chi connectivity index (χ1v) is 5.61. The van der Waals surface area contributed by atoms with E-state index in [1.54, 1.807) is 11.0 Å². The predicted octanol–water partition coefficient (Wildman–Crippen LogP) is 2.43. The lowest BCUT2D eigenvalue weighted by atomic mass is 11.3. The van der Waals surface area contributed by atoms with Gasteiger partial charge in [-0.3, -0.25) is 0 Å². The molecule has 1 aliphatic heterocycles. The van der Waals surface area contributed by atoms with Gasteiger partial charge in [0.15, 0.2) is 0 Å². The van der Waals surface area contributed by atoms with Gasteiger partial charge in [-0.25, -0.2) is 0 Å². The van der Waals surface area contributed by atoms with Crippen LogP contribution in [-0.2, 0) is 0 Å². The van der Waals surface area contributed by atoms with E-state index in [0.29, 0.717) is 0 Å². The SMILES string of the molecule is C1=CSCS1.c1nncs1. The molecule has 2 rings (SSSR count). The topological polar surface area (TPSA) is 25.8 Å². The molecule has 10 heavy (non-hydrogen) atoms. The zero-order valence-electron chi connectivity index (χ0n) is 5.14. The van der Waals surface area contributed by atoms with E-state index in [4.69, 9.17) is 0 Å². The number of rotatable bonds is 0. The number of hydrogen-bond acceptors (Lipinski definition) is 5. The van der Waals surface area contributed by atoms with Crippen LogP contribution in [0, 0.1) is 0 Å². The highest BCUT2D eigenvalue weighted by Crippen LogP contribution is 2.22. The highest BCUT2D eigenvalue weighted by Gasteiger charge is 1.85. The minimum Gasteiger partial charge on any atom is -0.147 e. The lowest BCUT2D eigenvalue weighted by Gasteiger charge is -1.69. The Morgan fingerprint density at radius 2 is 1.60 bits per heavy atom. The first-order chi connectivity index (χ1) is 5.00. The lowest BCUT2D eigenvalue weighted by molar-refractivity contribution is 1.09. The van der Waals surface area contributed by atoms with Gasteiger partial charge in [0.1, 0.15) is 11.0 Å². The molecule has 1 aromatic heterocycles. The molecule has 54 valence electrons. The number of thioether (sulfide) groups is 2. The fourth-order valence-corrected chi connectivity index (χ4v) is 2.18. The average Bonchev–Trinajstić information content (AvgIpc) is 2.67. The summed E-state index contributed by atoms with van der Waals surface area (Å²) in [6.07, 6.45) is 0. The van der Waals surface area contributed by atoms with Crippen molar-refractivity contribution in [1.82, 2.24) is 10.2 Å². The molecular formula is C5H6N2S3. The Morgan fingerprint density at radius 3 is 1.80 bits per heavy atom. The molecule has 0 bridgehead atoms. The van der Waals surface area contributed by atoms with Crippen LogP contribution in [0.1, 0.15) is 0 Å². The normalized spacial score (nSPS) is 14.4. The largest absolute Gasteiger partial charge is 0.147 e. The number of aromatic nitrogens is 2. The van der Waals surface area contributed by atoms with E-state index in [1.807, 2.05) is 23.5 Å². The maximum Gasteiger partial charge on any atom is 0.103 e. The molecule has 0 saturated heterocycles. The third-order valence-electron chi connectivity index (χ3n) is 0.667. The highest BCUT2D eigenvalue weighted by atomic mass is 32.2. The van der Waals surface area contributed by atoms with Gasteiger partial charge in [0.2, 0.25) is 0 Å². The maximum absolute atomic E-state index is 3.49. The van der Waals surface area contributed by atoms with Gasteiger partial charge in [0.05, 0.1) is 0 Å². The first kappa shape index (κ1) is 8.10. The molecule has 0 aliphatic carbocycles. The van der Waals surface area contributed by atoms with Crippen molar-refractivity contribution in [1.29, 1.82) is 0 Å². The van der Waals surface area contributed by atoms with Crippen LogP contribution in [0.5, 0.6) is 0 Å². The molecule has 0 radical (unpaired) electrons. The molecule has 1 aliphatic rings. The van der Waals surface area contributed by atoms with E-state index >= 15 is 0 Å². The Bertz CT molecular complexity index is 150. The van der Waals surface area contributed by atoms with Crippen LogP contribution in [0.25, 0.3) is 0 Å². The number of nitrogens with zero attached hydrogens (tertiary/aromatic N) is 2. The summed E-state index contributed by atoms with van der Waals surface area (Å²) in [5, 5.41) is 12.4. The molecule has 0 aromatic carbocycles.